The van der Waals surface area contributed by atoms with Crippen LogP contribution in [-0.2, 0) is 16.1 Å². The molecule has 1 atom stereocenters. The van der Waals surface area contributed by atoms with E-state index in [4.69, 9.17) is 4.74 Å². The first-order valence-corrected chi connectivity index (χ1v) is 9.73. The maximum absolute atomic E-state index is 13.8. The summed E-state index contributed by atoms with van der Waals surface area (Å²) < 4.78 is 32.7. The predicted octanol–water partition coefficient (Wildman–Crippen LogP) is 2.63. The van der Waals surface area contributed by atoms with Crippen molar-refractivity contribution in [2.45, 2.75) is 26.6 Å². The third-order valence-corrected chi connectivity index (χ3v) is 5.41. The summed E-state index contributed by atoms with van der Waals surface area (Å²) in [5, 5.41) is 9.89. The van der Waals surface area contributed by atoms with E-state index in [1.54, 1.807) is 6.92 Å². The molecule has 0 aliphatic carbocycles. The fourth-order valence-electron chi connectivity index (χ4n) is 3.81. The van der Waals surface area contributed by atoms with E-state index in [1.807, 2.05) is 29.8 Å². The standard InChI is InChI=1S/C21H27F2N3O3/c1-4-24(3)20-19(21(27)28)14(2)11-18(25-7-9-29-10-8-25)26(20)13-15-5-6-16(22)17(23)12-15/h5-6,11-12,18H,4,7-10,13H2,1-3H3,(H,27,28). The Balaban J connectivity index is 2.08. The summed E-state index contributed by atoms with van der Waals surface area (Å²) in [5.41, 5.74) is 1.48. The van der Waals surface area contributed by atoms with Crippen molar-refractivity contribution in [2.75, 3.05) is 39.9 Å². The van der Waals surface area contributed by atoms with Crippen molar-refractivity contribution in [3.63, 3.8) is 0 Å². The molecule has 0 spiro atoms. The number of morpholine rings is 1. The lowest BCUT2D eigenvalue weighted by Gasteiger charge is -2.47. The van der Waals surface area contributed by atoms with Crippen LogP contribution in [0.2, 0.25) is 0 Å². The number of benzene rings is 1. The Labute approximate surface area is 169 Å². The number of carboxylic acid groups (broad SMARTS) is 1. The molecule has 3 rings (SSSR count). The lowest BCUT2D eigenvalue weighted by atomic mass is 9.99. The fraction of sp³-hybridized carbons (Fsp3) is 0.476. The highest BCUT2D eigenvalue weighted by Crippen LogP contribution is 2.32. The summed E-state index contributed by atoms with van der Waals surface area (Å²) in [6.07, 6.45) is 1.72. The highest BCUT2D eigenvalue weighted by molar-refractivity contribution is 5.92. The Morgan fingerprint density at radius 1 is 1.28 bits per heavy atom. The molecule has 8 heteroatoms. The van der Waals surface area contributed by atoms with E-state index in [2.05, 4.69) is 4.90 Å². The molecule has 2 aliphatic rings. The zero-order valence-electron chi connectivity index (χ0n) is 17.0. The summed E-state index contributed by atoms with van der Waals surface area (Å²) >= 11 is 0. The van der Waals surface area contributed by atoms with Gasteiger partial charge in [-0.05, 0) is 43.2 Å². The van der Waals surface area contributed by atoms with Gasteiger partial charge in [0.05, 0.1) is 13.2 Å². The molecule has 158 valence electrons. The summed E-state index contributed by atoms with van der Waals surface area (Å²) in [5.74, 6) is -2.26. The minimum absolute atomic E-state index is 0.209. The van der Waals surface area contributed by atoms with Crippen molar-refractivity contribution in [1.29, 1.82) is 0 Å². The summed E-state index contributed by atoms with van der Waals surface area (Å²) in [7, 11) is 1.84. The van der Waals surface area contributed by atoms with Crippen LogP contribution in [0.5, 0.6) is 0 Å². The van der Waals surface area contributed by atoms with Gasteiger partial charge in [0.25, 0.3) is 0 Å². The van der Waals surface area contributed by atoms with Crippen molar-refractivity contribution in [3.8, 4) is 0 Å². The number of carboxylic acids is 1. The van der Waals surface area contributed by atoms with E-state index < -0.39 is 17.6 Å². The van der Waals surface area contributed by atoms with Crippen LogP contribution in [0, 0.1) is 11.6 Å². The number of rotatable bonds is 6. The topological polar surface area (TPSA) is 56.3 Å². The monoisotopic (exact) mass is 407 g/mol. The van der Waals surface area contributed by atoms with Crippen LogP contribution in [-0.4, -0.2) is 71.8 Å². The highest BCUT2D eigenvalue weighted by atomic mass is 19.2. The van der Waals surface area contributed by atoms with Gasteiger partial charge in [-0.3, -0.25) is 4.90 Å². The second-order valence-electron chi connectivity index (χ2n) is 7.31. The molecule has 2 heterocycles. The summed E-state index contributed by atoms with van der Waals surface area (Å²) in [4.78, 5) is 18.1. The smallest absolute Gasteiger partial charge is 0.339 e. The SMILES string of the molecule is CCN(C)C1=C(C(=O)O)C(C)=CC(N2CCOCC2)N1Cc1ccc(F)c(F)c1. The van der Waals surface area contributed by atoms with Gasteiger partial charge in [-0.15, -0.1) is 0 Å². The third kappa shape index (κ3) is 4.43. The third-order valence-electron chi connectivity index (χ3n) is 5.41. The van der Waals surface area contributed by atoms with Crippen molar-refractivity contribution < 1.29 is 23.4 Å². The van der Waals surface area contributed by atoms with Crippen molar-refractivity contribution in [3.05, 3.63) is 58.4 Å². The first-order chi connectivity index (χ1) is 13.8. The van der Waals surface area contributed by atoms with Crippen LogP contribution in [0.1, 0.15) is 19.4 Å². The fourth-order valence-corrected chi connectivity index (χ4v) is 3.81. The maximum atomic E-state index is 13.8. The lowest BCUT2D eigenvalue weighted by molar-refractivity contribution is -0.132. The molecule has 1 saturated heterocycles. The van der Waals surface area contributed by atoms with Crippen molar-refractivity contribution >= 4 is 5.97 Å². The average Bonchev–Trinajstić information content (AvgIpc) is 2.71. The molecular formula is C21H27F2N3O3. The number of aliphatic carboxylic acids is 1. The zero-order valence-corrected chi connectivity index (χ0v) is 17.0. The molecule has 1 fully saturated rings. The second kappa shape index (κ2) is 8.92. The molecule has 0 amide bonds. The van der Waals surface area contributed by atoms with Gasteiger partial charge in [-0.25, -0.2) is 13.6 Å². The van der Waals surface area contributed by atoms with E-state index >= 15 is 0 Å². The Morgan fingerprint density at radius 2 is 1.97 bits per heavy atom. The molecule has 6 nitrogen and oxygen atoms in total. The van der Waals surface area contributed by atoms with Crippen LogP contribution < -0.4 is 0 Å². The normalized spacial score (nSPS) is 20.7. The molecular weight excluding hydrogens is 380 g/mol. The zero-order chi connectivity index (χ0) is 21.1. The average molecular weight is 407 g/mol. The van der Waals surface area contributed by atoms with E-state index in [0.717, 1.165) is 6.07 Å². The van der Waals surface area contributed by atoms with Crippen LogP contribution in [0.25, 0.3) is 0 Å². The van der Waals surface area contributed by atoms with Crippen molar-refractivity contribution in [2.24, 2.45) is 0 Å². The molecule has 1 unspecified atom stereocenters. The van der Waals surface area contributed by atoms with E-state index in [-0.39, 0.29) is 18.3 Å². The van der Waals surface area contributed by atoms with Gasteiger partial charge in [0.2, 0.25) is 0 Å². The molecule has 1 aromatic rings. The summed E-state index contributed by atoms with van der Waals surface area (Å²) in [6, 6.07) is 3.80. The van der Waals surface area contributed by atoms with Crippen LogP contribution in [0.3, 0.4) is 0 Å². The molecule has 0 radical (unpaired) electrons. The molecule has 0 saturated carbocycles. The number of hydrogen-bond acceptors (Lipinski definition) is 5. The first-order valence-electron chi connectivity index (χ1n) is 9.73. The largest absolute Gasteiger partial charge is 0.478 e. The minimum Gasteiger partial charge on any atom is -0.478 e. The van der Waals surface area contributed by atoms with E-state index in [0.29, 0.717) is 49.8 Å². The number of nitrogens with zero attached hydrogens (tertiary/aromatic N) is 3. The highest BCUT2D eigenvalue weighted by Gasteiger charge is 2.36. The minimum atomic E-state index is -1.01. The Bertz CT molecular complexity index is 834. The van der Waals surface area contributed by atoms with Crippen LogP contribution >= 0.6 is 0 Å². The van der Waals surface area contributed by atoms with Crippen molar-refractivity contribution in [1.82, 2.24) is 14.7 Å². The number of hydrogen-bond donors (Lipinski definition) is 1. The van der Waals surface area contributed by atoms with Gasteiger partial charge in [-0.2, -0.15) is 0 Å². The number of halogens is 2. The quantitative estimate of drug-likeness (QED) is 0.783. The predicted molar refractivity (Wildman–Crippen MR) is 105 cm³/mol. The first kappa shape index (κ1) is 21.3. The van der Waals surface area contributed by atoms with Gasteiger partial charge in [0.1, 0.15) is 17.6 Å². The lowest BCUT2D eigenvalue weighted by Crippen LogP contribution is -2.54. The van der Waals surface area contributed by atoms with Crippen LogP contribution in [0.4, 0.5) is 8.78 Å². The van der Waals surface area contributed by atoms with E-state index in [1.165, 1.54) is 12.1 Å². The van der Waals surface area contributed by atoms with Gasteiger partial charge in [0, 0.05) is 33.2 Å². The summed E-state index contributed by atoms with van der Waals surface area (Å²) in [6.45, 7) is 7.19. The van der Waals surface area contributed by atoms with E-state index in [9.17, 15) is 18.7 Å². The Kier molecular flexibility index (Phi) is 6.54. The van der Waals surface area contributed by atoms with Gasteiger partial charge < -0.3 is 19.6 Å². The molecule has 1 N–H and O–H groups in total. The second-order valence-corrected chi connectivity index (χ2v) is 7.31. The van der Waals surface area contributed by atoms with Crippen LogP contribution in [0.15, 0.2) is 41.2 Å². The molecule has 29 heavy (non-hydrogen) atoms. The molecule has 2 aliphatic heterocycles. The maximum Gasteiger partial charge on any atom is 0.339 e. The van der Waals surface area contributed by atoms with Gasteiger partial charge in [-0.1, -0.05) is 6.07 Å². The number of carbonyl (C=O) groups is 1. The molecule has 1 aromatic carbocycles. The Morgan fingerprint density at radius 3 is 2.55 bits per heavy atom. The van der Waals surface area contributed by atoms with Gasteiger partial charge in [0.15, 0.2) is 11.6 Å². The molecule has 0 aromatic heterocycles. The molecule has 0 bridgehead atoms. The Hall–Kier alpha value is -2.45. The van der Waals surface area contributed by atoms with Gasteiger partial charge >= 0.3 is 5.97 Å². The number of ether oxygens (including phenoxy) is 1.